The van der Waals surface area contributed by atoms with Gasteiger partial charge in [-0.05, 0) is 31.0 Å². The lowest BCUT2D eigenvalue weighted by atomic mass is 9.92. The Kier molecular flexibility index (Phi) is 5.90. The summed E-state index contributed by atoms with van der Waals surface area (Å²) >= 11 is 1.36. The number of anilines is 2. The predicted octanol–water partition coefficient (Wildman–Crippen LogP) is 3.74. The first-order valence-corrected chi connectivity index (χ1v) is 10.9. The van der Waals surface area contributed by atoms with Crippen molar-refractivity contribution in [3.8, 4) is 0 Å². The van der Waals surface area contributed by atoms with Crippen LogP contribution in [0.5, 0.6) is 0 Å². The highest BCUT2D eigenvalue weighted by molar-refractivity contribution is 7.98. The van der Waals surface area contributed by atoms with Gasteiger partial charge in [-0.15, -0.1) is 0 Å². The van der Waals surface area contributed by atoms with Gasteiger partial charge in [0.15, 0.2) is 5.16 Å². The third kappa shape index (κ3) is 4.69. The average Bonchev–Trinajstić information content (AvgIpc) is 2.74. The molecular weight excluding hydrogens is 412 g/mol. The van der Waals surface area contributed by atoms with Crippen LogP contribution in [0, 0.1) is 13.8 Å². The Balaban J connectivity index is 1.59. The molecule has 1 aromatic heterocycles. The maximum Gasteiger partial charge on any atom is 0.257 e. The number of aromatic nitrogens is 2. The molecule has 0 bridgehead atoms. The molecule has 2 amide bonds. The van der Waals surface area contributed by atoms with E-state index in [-0.39, 0.29) is 23.7 Å². The second-order valence-electron chi connectivity index (χ2n) is 7.52. The van der Waals surface area contributed by atoms with Crippen molar-refractivity contribution in [1.29, 1.82) is 0 Å². The van der Waals surface area contributed by atoms with Crippen LogP contribution >= 0.6 is 11.8 Å². The van der Waals surface area contributed by atoms with Crippen molar-refractivity contribution < 1.29 is 9.59 Å². The highest BCUT2D eigenvalue weighted by Crippen LogP contribution is 2.31. The Morgan fingerprint density at radius 1 is 1.16 bits per heavy atom. The van der Waals surface area contributed by atoms with Gasteiger partial charge in [0.1, 0.15) is 5.82 Å². The molecular formula is C23H22N4O3S. The number of aromatic amines is 1. The molecule has 1 aliphatic heterocycles. The number of carbonyl (C=O) groups is 2. The van der Waals surface area contributed by atoms with Gasteiger partial charge in [0, 0.05) is 17.9 Å². The lowest BCUT2D eigenvalue weighted by molar-refractivity contribution is -0.123. The monoisotopic (exact) mass is 434 g/mol. The summed E-state index contributed by atoms with van der Waals surface area (Å²) in [6.07, 6.45) is -0.106. The molecule has 31 heavy (non-hydrogen) atoms. The van der Waals surface area contributed by atoms with E-state index in [0.717, 1.165) is 16.7 Å². The maximum atomic E-state index is 13.0. The molecule has 3 aromatic rings. The molecule has 7 nitrogen and oxygen atoms in total. The molecule has 1 atom stereocenters. The molecule has 4 rings (SSSR count). The van der Waals surface area contributed by atoms with Crippen LogP contribution in [0.15, 0.2) is 58.5 Å². The summed E-state index contributed by atoms with van der Waals surface area (Å²) < 4.78 is 0. The maximum absolute atomic E-state index is 13.0. The second-order valence-corrected chi connectivity index (χ2v) is 8.48. The van der Waals surface area contributed by atoms with E-state index in [0.29, 0.717) is 16.6 Å². The summed E-state index contributed by atoms with van der Waals surface area (Å²) in [6, 6.07) is 15.5. The number of benzene rings is 2. The zero-order valence-corrected chi connectivity index (χ0v) is 18.0. The number of H-pyrrole nitrogens is 1. The fourth-order valence-corrected chi connectivity index (χ4v) is 4.36. The highest BCUT2D eigenvalue weighted by atomic mass is 32.2. The number of hydrogen-bond donors (Lipinski definition) is 3. The number of amides is 2. The molecule has 2 heterocycles. The summed E-state index contributed by atoms with van der Waals surface area (Å²) in [6.45, 7) is 3.87. The Bertz CT molecular complexity index is 1210. The third-order valence-corrected chi connectivity index (χ3v) is 6.05. The van der Waals surface area contributed by atoms with E-state index in [4.69, 9.17) is 0 Å². The fraction of sp³-hybridized carbons (Fsp3) is 0.217. The van der Waals surface area contributed by atoms with E-state index < -0.39 is 17.4 Å². The SMILES string of the molecule is Cc1ccc(NC(=O)[C@@H]2CC(=O)Nc3nc(SCc4ccccc4)[nH]c(=O)c32)c(C)c1. The van der Waals surface area contributed by atoms with Crippen molar-refractivity contribution in [3.05, 3.63) is 81.1 Å². The van der Waals surface area contributed by atoms with Crippen molar-refractivity contribution in [2.75, 3.05) is 10.6 Å². The molecule has 0 spiro atoms. The van der Waals surface area contributed by atoms with Gasteiger partial charge in [-0.1, -0.05) is 59.8 Å². The zero-order chi connectivity index (χ0) is 22.0. The summed E-state index contributed by atoms with van der Waals surface area (Å²) in [5.41, 5.74) is 3.50. The molecule has 1 aliphatic rings. The van der Waals surface area contributed by atoms with Gasteiger partial charge in [0.2, 0.25) is 11.8 Å². The molecule has 0 unspecified atom stereocenters. The highest BCUT2D eigenvalue weighted by Gasteiger charge is 2.35. The Morgan fingerprint density at radius 3 is 2.68 bits per heavy atom. The van der Waals surface area contributed by atoms with Gasteiger partial charge in [0.05, 0.1) is 11.5 Å². The number of nitrogens with zero attached hydrogens (tertiary/aromatic N) is 1. The molecule has 0 saturated heterocycles. The first kappa shape index (κ1) is 20.9. The number of fused-ring (bicyclic) bond motifs is 1. The van der Waals surface area contributed by atoms with Crippen LogP contribution < -0.4 is 16.2 Å². The Morgan fingerprint density at radius 2 is 1.94 bits per heavy atom. The summed E-state index contributed by atoms with van der Waals surface area (Å²) in [7, 11) is 0. The smallest absolute Gasteiger partial charge is 0.257 e. The molecule has 8 heteroatoms. The number of nitrogens with one attached hydrogen (secondary N) is 3. The van der Waals surface area contributed by atoms with Crippen LogP contribution in [0.3, 0.4) is 0 Å². The zero-order valence-electron chi connectivity index (χ0n) is 17.2. The minimum atomic E-state index is -0.908. The first-order valence-electron chi connectivity index (χ1n) is 9.89. The van der Waals surface area contributed by atoms with Crippen LogP contribution in [-0.4, -0.2) is 21.8 Å². The minimum absolute atomic E-state index is 0.106. The average molecular weight is 435 g/mol. The number of carbonyl (C=O) groups excluding carboxylic acids is 2. The van der Waals surface area contributed by atoms with E-state index in [2.05, 4.69) is 20.6 Å². The van der Waals surface area contributed by atoms with Crippen molar-refractivity contribution in [2.24, 2.45) is 0 Å². The van der Waals surface area contributed by atoms with Gasteiger partial charge in [-0.25, -0.2) is 4.98 Å². The standard InChI is InChI=1S/C23H22N4O3S/c1-13-8-9-17(14(2)10-13)24-21(29)16-11-18(28)25-20-19(16)22(30)27-23(26-20)31-12-15-6-4-3-5-7-15/h3-10,16H,11-12H2,1-2H3,(H,24,29)(H2,25,26,27,28,30)/t16-/m1/s1. The van der Waals surface area contributed by atoms with Crippen molar-refractivity contribution in [2.45, 2.75) is 37.1 Å². The third-order valence-electron chi connectivity index (χ3n) is 5.10. The topological polar surface area (TPSA) is 104 Å². The van der Waals surface area contributed by atoms with Gasteiger partial charge < -0.3 is 15.6 Å². The minimum Gasteiger partial charge on any atom is -0.325 e. The second kappa shape index (κ2) is 8.77. The fourth-order valence-electron chi connectivity index (χ4n) is 3.54. The lowest BCUT2D eigenvalue weighted by Crippen LogP contribution is -2.36. The normalized spacial score (nSPS) is 15.2. The lowest BCUT2D eigenvalue weighted by Gasteiger charge is -2.24. The summed E-state index contributed by atoms with van der Waals surface area (Å²) in [5.74, 6) is -0.886. The largest absolute Gasteiger partial charge is 0.325 e. The van der Waals surface area contributed by atoms with Crippen molar-refractivity contribution in [1.82, 2.24) is 9.97 Å². The molecule has 158 valence electrons. The van der Waals surface area contributed by atoms with Gasteiger partial charge in [0.25, 0.3) is 5.56 Å². The number of aryl methyl sites for hydroxylation is 2. The first-order chi connectivity index (χ1) is 14.9. The Labute approximate surface area is 183 Å². The number of thioether (sulfide) groups is 1. The van der Waals surface area contributed by atoms with E-state index in [1.807, 2.05) is 62.4 Å². The van der Waals surface area contributed by atoms with Gasteiger partial charge in [-0.3, -0.25) is 14.4 Å². The van der Waals surface area contributed by atoms with Crippen LogP contribution in [0.1, 0.15) is 34.6 Å². The van der Waals surface area contributed by atoms with Crippen molar-refractivity contribution >= 4 is 35.1 Å². The van der Waals surface area contributed by atoms with Crippen molar-refractivity contribution in [3.63, 3.8) is 0 Å². The molecule has 0 aliphatic carbocycles. The summed E-state index contributed by atoms with van der Waals surface area (Å²) in [4.78, 5) is 45.2. The van der Waals surface area contributed by atoms with Crippen LogP contribution in [0.25, 0.3) is 0 Å². The number of hydrogen-bond acceptors (Lipinski definition) is 5. The van der Waals surface area contributed by atoms with E-state index in [9.17, 15) is 14.4 Å². The van der Waals surface area contributed by atoms with E-state index in [1.54, 1.807) is 0 Å². The van der Waals surface area contributed by atoms with Crippen LogP contribution in [0.2, 0.25) is 0 Å². The summed E-state index contributed by atoms with van der Waals surface area (Å²) in [5, 5.41) is 5.89. The molecule has 0 saturated carbocycles. The molecule has 0 radical (unpaired) electrons. The molecule has 2 aromatic carbocycles. The Hall–Kier alpha value is -3.39. The van der Waals surface area contributed by atoms with Gasteiger partial charge >= 0.3 is 0 Å². The van der Waals surface area contributed by atoms with Gasteiger partial charge in [-0.2, -0.15) is 0 Å². The van der Waals surface area contributed by atoms with E-state index in [1.165, 1.54) is 11.8 Å². The predicted molar refractivity (Wildman–Crippen MR) is 121 cm³/mol. The quantitative estimate of drug-likeness (QED) is 0.419. The van der Waals surface area contributed by atoms with E-state index >= 15 is 0 Å². The van der Waals surface area contributed by atoms with Crippen LogP contribution in [0.4, 0.5) is 11.5 Å². The molecule has 3 N–H and O–H groups in total. The molecule has 0 fully saturated rings. The number of rotatable bonds is 5. The van der Waals surface area contributed by atoms with Crippen LogP contribution in [-0.2, 0) is 15.3 Å².